The molecule has 2 saturated carbocycles. The summed E-state index contributed by atoms with van der Waals surface area (Å²) in [6, 6.07) is 0.379. The van der Waals surface area contributed by atoms with Gasteiger partial charge in [-0.2, -0.15) is 0 Å². The van der Waals surface area contributed by atoms with E-state index in [1.54, 1.807) is 11.3 Å². The number of hydrogen-bond donors (Lipinski definition) is 2. The molecule has 0 radical (unpaired) electrons. The number of nitrogens with two attached hydrogens (primary N) is 1. The van der Waals surface area contributed by atoms with Crippen molar-refractivity contribution >= 4 is 27.8 Å². The molecule has 3 N–H and O–H groups in total. The van der Waals surface area contributed by atoms with E-state index in [1.807, 2.05) is 0 Å². The minimum Gasteiger partial charge on any atom is -0.397 e. The third kappa shape index (κ3) is 2.14. The van der Waals surface area contributed by atoms with Gasteiger partial charge in [0.1, 0.15) is 0 Å². The van der Waals surface area contributed by atoms with Crippen LogP contribution in [-0.4, -0.2) is 11.8 Å². The van der Waals surface area contributed by atoms with Crippen LogP contribution >= 0.6 is 11.3 Å². The predicted octanol–water partition coefficient (Wildman–Crippen LogP) is 3.62. The number of nitrogen functional groups attached to an aromatic ring is 1. The smallest absolute Gasteiger partial charge is 0.178 e. The van der Waals surface area contributed by atoms with E-state index in [2.05, 4.69) is 19.2 Å². The molecule has 0 atom stereocenters. The van der Waals surface area contributed by atoms with Gasteiger partial charge in [-0.1, -0.05) is 0 Å². The van der Waals surface area contributed by atoms with Crippen molar-refractivity contribution in [1.29, 1.82) is 0 Å². The summed E-state index contributed by atoms with van der Waals surface area (Å²) in [5.41, 5.74) is 8.22. The van der Waals surface area contributed by atoms with Crippen LogP contribution in [0.5, 0.6) is 0 Å². The van der Waals surface area contributed by atoms with Crippen LogP contribution in [0.15, 0.2) is 0 Å². The van der Waals surface area contributed by atoms with Gasteiger partial charge in [-0.15, -0.1) is 11.3 Å². The summed E-state index contributed by atoms with van der Waals surface area (Å²) in [5, 5.41) is 4.59. The molecule has 0 bridgehead atoms. The summed E-state index contributed by atoms with van der Waals surface area (Å²) in [6.07, 6.45) is 4.51. The highest BCUT2D eigenvalue weighted by molar-refractivity contribution is 7.19. The number of thiophene rings is 1. The van der Waals surface area contributed by atoms with Crippen molar-refractivity contribution in [1.82, 2.24) is 0 Å². The van der Waals surface area contributed by atoms with Gasteiger partial charge >= 0.3 is 0 Å². The molecule has 98 valence electrons. The number of Topliss-reactive ketones (excluding diaryl/α,β-unsaturated/α-hetero) is 1. The van der Waals surface area contributed by atoms with E-state index in [0.717, 1.165) is 28.4 Å². The first-order valence-electron chi connectivity index (χ1n) is 6.80. The topological polar surface area (TPSA) is 55.1 Å². The van der Waals surface area contributed by atoms with E-state index in [4.69, 9.17) is 5.73 Å². The molecule has 2 aliphatic rings. The molecule has 2 fully saturated rings. The molecule has 0 aromatic carbocycles. The standard InChI is InChI=1S/C14H20N2OS/c1-7(2)16-14-10(8-3-4-8)11(15)13(18-14)12(17)9-5-6-9/h7-9,16H,3-6,15H2,1-2H3. The molecule has 0 spiro atoms. The Bertz CT molecular complexity index is 484. The molecule has 1 heterocycles. The Morgan fingerprint density at radius 2 is 2.00 bits per heavy atom. The molecule has 0 saturated heterocycles. The zero-order valence-electron chi connectivity index (χ0n) is 11.0. The van der Waals surface area contributed by atoms with Gasteiger partial charge in [0.2, 0.25) is 0 Å². The Hall–Kier alpha value is -1.03. The first kappa shape index (κ1) is 12.0. The van der Waals surface area contributed by atoms with Crippen LogP contribution in [0.1, 0.15) is 60.7 Å². The van der Waals surface area contributed by atoms with Crippen LogP contribution < -0.4 is 11.1 Å². The van der Waals surface area contributed by atoms with Crippen molar-refractivity contribution in [2.24, 2.45) is 5.92 Å². The molecular formula is C14H20N2OS. The molecule has 3 rings (SSSR count). The molecule has 3 nitrogen and oxygen atoms in total. The Morgan fingerprint density at radius 1 is 1.33 bits per heavy atom. The first-order chi connectivity index (χ1) is 8.58. The Kier molecular flexibility index (Phi) is 2.85. The Balaban J connectivity index is 1.96. The van der Waals surface area contributed by atoms with E-state index >= 15 is 0 Å². The highest BCUT2D eigenvalue weighted by Crippen LogP contribution is 2.52. The second-order valence-electron chi connectivity index (χ2n) is 5.80. The largest absolute Gasteiger partial charge is 0.397 e. The lowest BCUT2D eigenvalue weighted by molar-refractivity contribution is 0.0972. The Labute approximate surface area is 112 Å². The van der Waals surface area contributed by atoms with Crippen molar-refractivity contribution < 1.29 is 4.79 Å². The maximum Gasteiger partial charge on any atom is 0.178 e. The zero-order chi connectivity index (χ0) is 12.9. The first-order valence-corrected chi connectivity index (χ1v) is 7.62. The van der Waals surface area contributed by atoms with Crippen LogP contribution in [0.3, 0.4) is 0 Å². The van der Waals surface area contributed by atoms with E-state index in [0.29, 0.717) is 12.0 Å². The van der Waals surface area contributed by atoms with Crippen molar-refractivity contribution in [3.8, 4) is 0 Å². The van der Waals surface area contributed by atoms with Gasteiger partial charge in [0.15, 0.2) is 5.78 Å². The summed E-state index contributed by atoms with van der Waals surface area (Å²) >= 11 is 1.57. The molecule has 0 unspecified atom stereocenters. The maximum absolute atomic E-state index is 12.2. The normalized spacial score (nSPS) is 19.3. The van der Waals surface area contributed by atoms with Crippen molar-refractivity contribution in [2.75, 3.05) is 11.1 Å². The van der Waals surface area contributed by atoms with Gasteiger partial charge < -0.3 is 11.1 Å². The average Bonchev–Trinajstić information content (AvgIpc) is 3.16. The summed E-state index contributed by atoms with van der Waals surface area (Å²) < 4.78 is 0. The minimum atomic E-state index is 0.255. The van der Waals surface area contributed by atoms with Gasteiger partial charge in [0, 0.05) is 17.5 Å². The van der Waals surface area contributed by atoms with Gasteiger partial charge in [0.25, 0.3) is 0 Å². The lowest BCUT2D eigenvalue weighted by Gasteiger charge is -2.10. The molecule has 0 amide bonds. The summed E-state index contributed by atoms with van der Waals surface area (Å²) in [7, 11) is 0. The molecule has 18 heavy (non-hydrogen) atoms. The highest BCUT2D eigenvalue weighted by atomic mass is 32.1. The second kappa shape index (κ2) is 4.26. The number of carbonyl (C=O) groups is 1. The molecule has 1 aromatic rings. The molecule has 0 aliphatic heterocycles. The maximum atomic E-state index is 12.2. The summed E-state index contributed by atoms with van der Waals surface area (Å²) in [4.78, 5) is 13.0. The van der Waals surface area contributed by atoms with E-state index in [-0.39, 0.29) is 11.7 Å². The van der Waals surface area contributed by atoms with Gasteiger partial charge in [0.05, 0.1) is 15.6 Å². The van der Waals surface area contributed by atoms with Crippen LogP contribution in [0.4, 0.5) is 10.7 Å². The SMILES string of the molecule is CC(C)Nc1sc(C(=O)C2CC2)c(N)c1C1CC1. The fourth-order valence-electron chi connectivity index (χ4n) is 2.32. The predicted molar refractivity (Wildman–Crippen MR) is 76.5 cm³/mol. The van der Waals surface area contributed by atoms with Gasteiger partial charge in [-0.05, 0) is 45.4 Å². The second-order valence-corrected chi connectivity index (χ2v) is 6.82. The third-order valence-electron chi connectivity index (χ3n) is 3.56. The van der Waals surface area contributed by atoms with Crippen LogP contribution in [0.2, 0.25) is 0 Å². The van der Waals surface area contributed by atoms with Crippen LogP contribution in [0, 0.1) is 5.92 Å². The van der Waals surface area contributed by atoms with Crippen molar-refractivity contribution in [3.63, 3.8) is 0 Å². The quantitative estimate of drug-likeness (QED) is 0.799. The van der Waals surface area contributed by atoms with Crippen LogP contribution in [-0.2, 0) is 0 Å². The number of anilines is 2. The van der Waals surface area contributed by atoms with E-state index in [1.165, 1.54) is 18.4 Å². The van der Waals surface area contributed by atoms with Gasteiger partial charge in [-0.3, -0.25) is 4.79 Å². The summed E-state index contributed by atoms with van der Waals surface area (Å²) in [6.45, 7) is 4.24. The number of hydrogen-bond acceptors (Lipinski definition) is 4. The fraction of sp³-hybridized carbons (Fsp3) is 0.643. The molecule has 4 heteroatoms. The van der Waals surface area contributed by atoms with Crippen molar-refractivity contribution in [3.05, 3.63) is 10.4 Å². The molecule has 1 aromatic heterocycles. The molecular weight excluding hydrogens is 244 g/mol. The van der Waals surface area contributed by atoms with Crippen molar-refractivity contribution in [2.45, 2.75) is 51.5 Å². The highest BCUT2D eigenvalue weighted by Gasteiger charge is 2.37. The number of nitrogens with one attached hydrogen (secondary N) is 1. The fourth-order valence-corrected chi connectivity index (χ4v) is 3.69. The summed E-state index contributed by atoms with van der Waals surface area (Å²) in [5.74, 6) is 1.12. The zero-order valence-corrected chi connectivity index (χ0v) is 11.8. The number of ketones is 1. The third-order valence-corrected chi connectivity index (χ3v) is 4.73. The number of rotatable bonds is 5. The lowest BCUT2D eigenvalue weighted by atomic mass is 10.1. The molecule has 2 aliphatic carbocycles. The Morgan fingerprint density at radius 3 is 2.50 bits per heavy atom. The minimum absolute atomic E-state index is 0.255. The average molecular weight is 264 g/mol. The lowest BCUT2D eigenvalue weighted by Crippen LogP contribution is -2.09. The van der Waals surface area contributed by atoms with E-state index in [9.17, 15) is 4.79 Å². The van der Waals surface area contributed by atoms with E-state index < -0.39 is 0 Å². The number of carbonyl (C=O) groups excluding carboxylic acids is 1. The van der Waals surface area contributed by atoms with Crippen LogP contribution in [0.25, 0.3) is 0 Å². The monoisotopic (exact) mass is 264 g/mol. The van der Waals surface area contributed by atoms with Gasteiger partial charge in [-0.25, -0.2) is 0 Å².